The quantitative estimate of drug-likeness (QED) is 0.560. The number of nitrogens with zero attached hydrogens (tertiary/aromatic N) is 2. The molecular weight excluding hydrogens is 387 g/mol. The minimum atomic E-state index is -0.778. The van der Waals surface area contributed by atoms with Crippen LogP contribution in [-0.4, -0.2) is 27.7 Å². The van der Waals surface area contributed by atoms with Crippen LogP contribution in [0.3, 0.4) is 0 Å². The molecule has 1 atom stereocenters. The van der Waals surface area contributed by atoms with Crippen molar-refractivity contribution in [3.05, 3.63) is 71.9 Å². The maximum atomic E-state index is 14.1. The lowest BCUT2D eigenvalue weighted by atomic mass is 9.91. The van der Waals surface area contributed by atoms with Crippen LogP contribution in [0.5, 0.6) is 11.6 Å². The Kier molecular flexibility index (Phi) is 5.70. The van der Waals surface area contributed by atoms with Crippen LogP contribution in [0.25, 0.3) is 5.69 Å². The second-order valence-corrected chi connectivity index (χ2v) is 7.51. The molecule has 6 nitrogen and oxygen atoms in total. The summed E-state index contributed by atoms with van der Waals surface area (Å²) in [6.45, 7) is 0.313. The van der Waals surface area contributed by atoms with Gasteiger partial charge >= 0.3 is 5.97 Å². The van der Waals surface area contributed by atoms with Crippen LogP contribution >= 0.6 is 0 Å². The van der Waals surface area contributed by atoms with Gasteiger partial charge in [0.25, 0.3) is 0 Å². The normalized spacial score (nSPS) is 14.3. The molecule has 2 aromatic heterocycles. The van der Waals surface area contributed by atoms with E-state index in [-0.39, 0.29) is 12.3 Å². The first kappa shape index (κ1) is 19.9. The zero-order valence-electron chi connectivity index (χ0n) is 16.6. The monoisotopic (exact) mass is 410 g/mol. The van der Waals surface area contributed by atoms with Crippen molar-refractivity contribution in [2.45, 2.75) is 31.8 Å². The van der Waals surface area contributed by atoms with Crippen LogP contribution in [-0.2, 0) is 11.4 Å². The number of ether oxygens (including phenoxy) is 2. The van der Waals surface area contributed by atoms with Gasteiger partial charge in [0.15, 0.2) is 5.82 Å². The van der Waals surface area contributed by atoms with Crippen molar-refractivity contribution in [2.24, 2.45) is 5.92 Å². The highest BCUT2D eigenvalue weighted by molar-refractivity contribution is 5.68. The van der Waals surface area contributed by atoms with Crippen LogP contribution in [0, 0.1) is 11.7 Å². The minimum absolute atomic E-state index is 0.0248. The lowest BCUT2D eigenvalue weighted by molar-refractivity contribution is -0.137. The molecule has 0 spiro atoms. The number of hydrogen-bond donors (Lipinski definition) is 1. The molecule has 4 rings (SSSR count). The molecule has 0 saturated heterocycles. The van der Waals surface area contributed by atoms with Gasteiger partial charge < -0.3 is 19.1 Å². The van der Waals surface area contributed by atoms with Crippen molar-refractivity contribution >= 4 is 5.97 Å². The Bertz CT molecular complexity index is 1050. The standard InChI is InChI=1S/C23H23FN2O4/c1-29-22-11-21(20(24)12-25-22)26-8-7-15(13-26)14-30-18-4-2-3-17(9-18)19(10-23(27)28)16-5-6-16/h2-4,7-9,11-13,16,19H,5-6,10,14H2,1H3,(H,27,28)/t19-/m0/s1. The van der Waals surface area contributed by atoms with E-state index >= 15 is 0 Å². The molecule has 1 aliphatic rings. The summed E-state index contributed by atoms with van der Waals surface area (Å²) in [5.74, 6) is 0.263. The molecule has 1 aliphatic carbocycles. The van der Waals surface area contributed by atoms with Crippen molar-refractivity contribution < 1.29 is 23.8 Å². The third-order valence-electron chi connectivity index (χ3n) is 5.33. The van der Waals surface area contributed by atoms with Crippen molar-refractivity contribution in [3.63, 3.8) is 0 Å². The molecule has 1 fully saturated rings. The van der Waals surface area contributed by atoms with Crippen molar-refractivity contribution in [2.75, 3.05) is 7.11 Å². The molecule has 1 N–H and O–H groups in total. The van der Waals surface area contributed by atoms with Gasteiger partial charge in [-0.15, -0.1) is 0 Å². The number of aromatic nitrogens is 2. The van der Waals surface area contributed by atoms with Crippen LogP contribution in [0.2, 0.25) is 0 Å². The number of carboxylic acid groups (broad SMARTS) is 1. The van der Waals surface area contributed by atoms with Gasteiger partial charge in [-0.1, -0.05) is 12.1 Å². The van der Waals surface area contributed by atoms with Gasteiger partial charge in [-0.25, -0.2) is 9.37 Å². The van der Waals surface area contributed by atoms with Gasteiger partial charge in [-0.2, -0.15) is 0 Å². The van der Waals surface area contributed by atoms with Crippen LogP contribution in [0.15, 0.2) is 55.0 Å². The maximum Gasteiger partial charge on any atom is 0.303 e. The molecule has 0 unspecified atom stereocenters. The molecule has 0 aliphatic heterocycles. The van der Waals surface area contributed by atoms with E-state index in [4.69, 9.17) is 9.47 Å². The molecule has 0 bridgehead atoms. The fourth-order valence-corrected chi connectivity index (χ4v) is 3.64. The molecule has 2 heterocycles. The van der Waals surface area contributed by atoms with Crippen LogP contribution in [0.1, 0.15) is 36.3 Å². The SMILES string of the molecule is COc1cc(-n2ccc(COc3cccc([C@@H](CC(=O)O)C4CC4)c3)c2)c(F)cn1. The van der Waals surface area contributed by atoms with E-state index in [0.29, 0.717) is 29.8 Å². The first-order valence-corrected chi connectivity index (χ1v) is 9.85. The van der Waals surface area contributed by atoms with Gasteiger partial charge in [0.05, 0.1) is 25.4 Å². The lowest BCUT2D eigenvalue weighted by Gasteiger charge is -2.15. The highest BCUT2D eigenvalue weighted by Gasteiger charge is 2.33. The summed E-state index contributed by atoms with van der Waals surface area (Å²) in [6.07, 6.45) is 6.96. The van der Waals surface area contributed by atoms with E-state index in [1.807, 2.05) is 30.3 Å². The van der Waals surface area contributed by atoms with Gasteiger partial charge in [-0.05, 0) is 48.4 Å². The van der Waals surface area contributed by atoms with E-state index in [1.165, 1.54) is 13.2 Å². The van der Waals surface area contributed by atoms with E-state index in [0.717, 1.165) is 30.2 Å². The Morgan fingerprint density at radius 2 is 2.17 bits per heavy atom. The zero-order chi connectivity index (χ0) is 21.1. The smallest absolute Gasteiger partial charge is 0.303 e. The number of carbonyl (C=O) groups is 1. The molecule has 7 heteroatoms. The molecule has 1 aromatic carbocycles. The fraction of sp³-hybridized carbons (Fsp3) is 0.304. The number of benzene rings is 1. The van der Waals surface area contributed by atoms with E-state index in [1.54, 1.807) is 17.0 Å². The second kappa shape index (κ2) is 8.57. The van der Waals surface area contributed by atoms with Crippen LogP contribution in [0.4, 0.5) is 4.39 Å². The molecule has 0 amide bonds. The Morgan fingerprint density at radius 3 is 2.90 bits per heavy atom. The molecule has 156 valence electrons. The summed E-state index contributed by atoms with van der Waals surface area (Å²) in [4.78, 5) is 15.1. The third-order valence-corrected chi connectivity index (χ3v) is 5.33. The predicted molar refractivity (Wildman–Crippen MR) is 109 cm³/mol. The average Bonchev–Trinajstić information content (AvgIpc) is 3.48. The lowest BCUT2D eigenvalue weighted by Crippen LogP contribution is -2.08. The van der Waals surface area contributed by atoms with Crippen LogP contribution < -0.4 is 9.47 Å². The number of carboxylic acids is 1. The average molecular weight is 410 g/mol. The maximum absolute atomic E-state index is 14.1. The number of rotatable bonds is 9. The summed E-state index contributed by atoms with van der Waals surface area (Å²) in [7, 11) is 1.48. The van der Waals surface area contributed by atoms with Gasteiger partial charge in [0, 0.05) is 24.0 Å². The number of methoxy groups -OCH3 is 1. The molecule has 3 aromatic rings. The number of hydrogen-bond acceptors (Lipinski definition) is 4. The Balaban J connectivity index is 1.45. The fourth-order valence-electron chi connectivity index (χ4n) is 3.64. The second-order valence-electron chi connectivity index (χ2n) is 7.51. The van der Waals surface area contributed by atoms with Gasteiger partial charge in [0.1, 0.15) is 12.4 Å². The summed E-state index contributed by atoms with van der Waals surface area (Å²) < 4.78 is 26.8. The highest BCUT2D eigenvalue weighted by atomic mass is 19.1. The number of pyridine rings is 1. The molecule has 30 heavy (non-hydrogen) atoms. The van der Waals surface area contributed by atoms with E-state index < -0.39 is 11.8 Å². The van der Waals surface area contributed by atoms with Crippen molar-refractivity contribution in [1.29, 1.82) is 0 Å². The number of halogens is 1. The summed E-state index contributed by atoms with van der Waals surface area (Å²) >= 11 is 0. The highest BCUT2D eigenvalue weighted by Crippen LogP contribution is 2.45. The Labute approximate surface area is 173 Å². The topological polar surface area (TPSA) is 73.6 Å². The largest absolute Gasteiger partial charge is 0.489 e. The Morgan fingerprint density at radius 1 is 1.33 bits per heavy atom. The molecule has 1 saturated carbocycles. The van der Waals surface area contributed by atoms with Crippen molar-refractivity contribution in [3.8, 4) is 17.3 Å². The van der Waals surface area contributed by atoms with E-state index in [2.05, 4.69) is 4.98 Å². The Hall–Kier alpha value is -3.35. The first-order valence-electron chi connectivity index (χ1n) is 9.85. The molecular formula is C23H23FN2O4. The van der Waals surface area contributed by atoms with Crippen molar-refractivity contribution in [1.82, 2.24) is 9.55 Å². The van der Waals surface area contributed by atoms with Gasteiger partial charge in [0.2, 0.25) is 5.88 Å². The molecule has 0 radical (unpaired) electrons. The summed E-state index contributed by atoms with van der Waals surface area (Å²) in [5, 5.41) is 9.22. The van der Waals surface area contributed by atoms with Gasteiger partial charge in [-0.3, -0.25) is 4.79 Å². The van der Waals surface area contributed by atoms with E-state index in [9.17, 15) is 14.3 Å². The first-order chi connectivity index (χ1) is 14.5. The zero-order valence-corrected chi connectivity index (χ0v) is 16.6. The number of aliphatic carboxylic acids is 1. The third kappa shape index (κ3) is 4.62. The summed E-state index contributed by atoms with van der Waals surface area (Å²) in [6, 6.07) is 11.0. The summed E-state index contributed by atoms with van der Waals surface area (Å²) in [5.41, 5.74) is 2.22. The minimum Gasteiger partial charge on any atom is -0.489 e. The predicted octanol–water partition coefficient (Wildman–Crippen LogP) is 4.57.